The lowest BCUT2D eigenvalue weighted by Gasteiger charge is -2.34. The second kappa shape index (κ2) is 4.65. The summed E-state index contributed by atoms with van der Waals surface area (Å²) in [6, 6.07) is 17.3. The smallest absolute Gasteiger partial charge is 0.223 e. The minimum Gasteiger partial charge on any atom is -0.340 e. The Morgan fingerprint density at radius 1 is 0.857 bits per heavy atom. The molecule has 1 fully saturated rings. The van der Waals surface area contributed by atoms with Gasteiger partial charge in [-0.2, -0.15) is 0 Å². The Kier molecular flexibility index (Phi) is 2.77. The average molecular weight is 278 g/mol. The van der Waals surface area contributed by atoms with Crippen LogP contribution in [0.5, 0.6) is 0 Å². The average Bonchev–Trinajstić information content (AvgIpc) is 3.02. The van der Waals surface area contributed by atoms with Gasteiger partial charge in [-0.15, -0.1) is 0 Å². The number of carbonyl (C=O) groups excluding carboxylic acids is 1. The zero-order valence-corrected chi connectivity index (χ0v) is 11.4. The molecule has 1 spiro atoms. The molecule has 3 nitrogen and oxygen atoms in total. The van der Waals surface area contributed by atoms with E-state index in [2.05, 4.69) is 0 Å². The van der Waals surface area contributed by atoms with Crippen molar-refractivity contribution in [2.45, 2.75) is 5.79 Å². The highest BCUT2D eigenvalue weighted by atomic mass is 16.7. The van der Waals surface area contributed by atoms with Gasteiger partial charge in [0.15, 0.2) is 5.78 Å². The van der Waals surface area contributed by atoms with Crippen molar-refractivity contribution in [1.82, 2.24) is 0 Å². The Morgan fingerprint density at radius 2 is 1.52 bits per heavy atom. The molecule has 0 N–H and O–H groups in total. The van der Waals surface area contributed by atoms with E-state index in [0.29, 0.717) is 18.8 Å². The summed E-state index contributed by atoms with van der Waals surface area (Å²) in [7, 11) is 0. The molecule has 2 aromatic rings. The van der Waals surface area contributed by atoms with Crippen LogP contribution in [0, 0.1) is 0 Å². The molecule has 3 heteroatoms. The first-order valence-electron chi connectivity index (χ1n) is 7.01. The fourth-order valence-electron chi connectivity index (χ4n) is 3.05. The van der Waals surface area contributed by atoms with E-state index in [4.69, 9.17) is 9.47 Å². The maximum atomic E-state index is 12.4. The highest BCUT2D eigenvalue weighted by Crippen LogP contribution is 2.47. The first-order chi connectivity index (χ1) is 10.3. The molecule has 0 saturated carbocycles. The first-order valence-corrected chi connectivity index (χ1v) is 7.01. The number of fused-ring (bicyclic) bond motifs is 2. The standard InChI is InChI=1S/C18H14O3/c19-17-12-16(13-6-2-1-3-7-13)18(20-10-11-21-18)15-9-5-4-8-14(15)17/h1-9,12H,10-11H2. The van der Waals surface area contributed by atoms with Crippen LogP contribution in [0.1, 0.15) is 21.5 Å². The van der Waals surface area contributed by atoms with E-state index in [-0.39, 0.29) is 5.78 Å². The molecule has 104 valence electrons. The molecule has 0 radical (unpaired) electrons. The molecule has 0 amide bonds. The predicted molar refractivity (Wildman–Crippen MR) is 78.8 cm³/mol. The highest BCUT2D eigenvalue weighted by Gasteiger charge is 2.47. The Balaban J connectivity index is 1.97. The van der Waals surface area contributed by atoms with Crippen LogP contribution in [0.25, 0.3) is 5.57 Å². The number of carbonyl (C=O) groups is 1. The van der Waals surface area contributed by atoms with Crippen LogP contribution in [0.4, 0.5) is 0 Å². The van der Waals surface area contributed by atoms with Crippen LogP contribution >= 0.6 is 0 Å². The van der Waals surface area contributed by atoms with E-state index in [9.17, 15) is 4.79 Å². The molecule has 2 aromatic carbocycles. The molecule has 21 heavy (non-hydrogen) atoms. The molecular formula is C18H14O3. The van der Waals surface area contributed by atoms with Gasteiger partial charge in [-0.3, -0.25) is 4.79 Å². The summed E-state index contributed by atoms with van der Waals surface area (Å²) in [6.07, 6.45) is 1.64. The number of rotatable bonds is 1. The van der Waals surface area contributed by atoms with Gasteiger partial charge in [-0.25, -0.2) is 0 Å². The first kappa shape index (κ1) is 12.5. The number of hydrogen-bond donors (Lipinski definition) is 0. The molecule has 0 aromatic heterocycles. The second-order valence-corrected chi connectivity index (χ2v) is 5.15. The van der Waals surface area contributed by atoms with Crippen LogP contribution in [-0.4, -0.2) is 19.0 Å². The van der Waals surface area contributed by atoms with Gasteiger partial charge >= 0.3 is 0 Å². The van der Waals surface area contributed by atoms with Gasteiger partial charge in [0.2, 0.25) is 5.79 Å². The molecule has 0 unspecified atom stereocenters. The van der Waals surface area contributed by atoms with Crippen molar-refractivity contribution in [3.63, 3.8) is 0 Å². The molecule has 2 aliphatic rings. The zero-order chi connectivity index (χ0) is 14.3. The third-order valence-corrected chi connectivity index (χ3v) is 3.96. The lowest BCUT2D eigenvalue weighted by molar-refractivity contribution is -0.114. The number of benzene rings is 2. The van der Waals surface area contributed by atoms with Gasteiger partial charge in [0.05, 0.1) is 13.2 Å². The van der Waals surface area contributed by atoms with Crippen molar-refractivity contribution in [3.05, 3.63) is 77.4 Å². The van der Waals surface area contributed by atoms with Gasteiger partial charge in [-0.1, -0.05) is 54.6 Å². The Morgan fingerprint density at radius 3 is 2.29 bits per heavy atom. The maximum absolute atomic E-state index is 12.4. The lowest BCUT2D eigenvalue weighted by Crippen LogP contribution is -2.34. The van der Waals surface area contributed by atoms with E-state index in [1.807, 2.05) is 54.6 Å². The van der Waals surface area contributed by atoms with E-state index >= 15 is 0 Å². The van der Waals surface area contributed by atoms with Crippen molar-refractivity contribution in [3.8, 4) is 0 Å². The number of hydrogen-bond acceptors (Lipinski definition) is 3. The zero-order valence-electron chi connectivity index (χ0n) is 11.4. The summed E-state index contributed by atoms with van der Waals surface area (Å²) < 4.78 is 12.0. The number of ketones is 1. The van der Waals surface area contributed by atoms with E-state index < -0.39 is 5.79 Å². The van der Waals surface area contributed by atoms with Crippen molar-refractivity contribution in [1.29, 1.82) is 0 Å². The summed E-state index contributed by atoms with van der Waals surface area (Å²) in [5.41, 5.74) is 3.18. The molecule has 1 heterocycles. The van der Waals surface area contributed by atoms with Crippen LogP contribution in [0.15, 0.2) is 60.7 Å². The molecule has 0 atom stereocenters. The van der Waals surface area contributed by atoms with Crippen molar-refractivity contribution >= 4 is 11.4 Å². The summed E-state index contributed by atoms with van der Waals surface area (Å²) in [5, 5.41) is 0. The van der Waals surface area contributed by atoms with Crippen LogP contribution in [-0.2, 0) is 15.3 Å². The lowest BCUT2D eigenvalue weighted by atomic mass is 9.82. The molecule has 1 saturated heterocycles. The number of ether oxygens (including phenoxy) is 2. The van der Waals surface area contributed by atoms with Gasteiger partial charge in [0.25, 0.3) is 0 Å². The molecular weight excluding hydrogens is 264 g/mol. The van der Waals surface area contributed by atoms with E-state index in [0.717, 1.165) is 16.7 Å². The summed E-state index contributed by atoms with van der Waals surface area (Å²) in [4.78, 5) is 12.4. The normalized spacial score (nSPS) is 19.4. The number of allylic oxidation sites excluding steroid dienone is 1. The van der Waals surface area contributed by atoms with E-state index in [1.54, 1.807) is 6.08 Å². The fourth-order valence-corrected chi connectivity index (χ4v) is 3.05. The van der Waals surface area contributed by atoms with Gasteiger partial charge in [-0.05, 0) is 11.6 Å². The van der Waals surface area contributed by atoms with Gasteiger partial charge in [0.1, 0.15) is 0 Å². The quantitative estimate of drug-likeness (QED) is 0.803. The minimum absolute atomic E-state index is 0.00539. The van der Waals surface area contributed by atoms with Crippen molar-refractivity contribution in [2.75, 3.05) is 13.2 Å². The topological polar surface area (TPSA) is 35.5 Å². The van der Waals surface area contributed by atoms with Crippen molar-refractivity contribution in [2.24, 2.45) is 0 Å². The highest BCUT2D eigenvalue weighted by molar-refractivity contribution is 6.13. The Labute approximate surface area is 122 Å². The maximum Gasteiger partial charge on any atom is 0.223 e. The molecule has 1 aliphatic heterocycles. The Bertz CT molecular complexity index is 725. The van der Waals surface area contributed by atoms with Crippen molar-refractivity contribution < 1.29 is 14.3 Å². The van der Waals surface area contributed by atoms with Crippen LogP contribution in [0.3, 0.4) is 0 Å². The minimum atomic E-state index is -0.953. The molecule has 0 bridgehead atoms. The van der Waals surface area contributed by atoms with Crippen LogP contribution < -0.4 is 0 Å². The second-order valence-electron chi connectivity index (χ2n) is 5.15. The third-order valence-electron chi connectivity index (χ3n) is 3.96. The van der Waals surface area contributed by atoms with Gasteiger partial charge in [0, 0.05) is 16.7 Å². The van der Waals surface area contributed by atoms with Gasteiger partial charge < -0.3 is 9.47 Å². The summed E-state index contributed by atoms with van der Waals surface area (Å²) in [6.45, 7) is 1.04. The predicted octanol–water partition coefficient (Wildman–Crippen LogP) is 3.17. The monoisotopic (exact) mass is 278 g/mol. The van der Waals surface area contributed by atoms with Crippen LogP contribution in [0.2, 0.25) is 0 Å². The Hall–Kier alpha value is -2.23. The molecule has 1 aliphatic carbocycles. The van der Waals surface area contributed by atoms with E-state index in [1.165, 1.54) is 0 Å². The summed E-state index contributed by atoms with van der Waals surface area (Å²) in [5.74, 6) is -0.958. The third kappa shape index (κ3) is 1.78. The molecule has 4 rings (SSSR count). The largest absolute Gasteiger partial charge is 0.340 e. The summed E-state index contributed by atoms with van der Waals surface area (Å²) >= 11 is 0. The SMILES string of the molecule is O=C1C=C(c2ccccc2)C2(OCCO2)c2ccccc21. The fraction of sp³-hybridized carbons (Fsp3) is 0.167.